The summed E-state index contributed by atoms with van der Waals surface area (Å²) in [7, 11) is 0. The molecule has 0 saturated carbocycles. The Morgan fingerprint density at radius 2 is 1.65 bits per heavy atom. The molecule has 1 saturated heterocycles. The fraction of sp³-hybridized carbons (Fsp3) is 0.476. The van der Waals surface area contributed by atoms with Gasteiger partial charge in [-0.05, 0) is 38.0 Å². The van der Waals surface area contributed by atoms with Crippen LogP contribution in [0, 0.1) is 6.92 Å². The van der Waals surface area contributed by atoms with Crippen LogP contribution >= 0.6 is 0 Å². The second-order valence-corrected chi connectivity index (χ2v) is 8.14. The van der Waals surface area contributed by atoms with Crippen molar-refractivity contribution in [2.75, 3.05) is 13.1 Å². The minimum absolute atomic E-state index is 0.0480. The van der Waals surface area contributed by atoms with Crippen molar-refractivity contribution in [2.45, 2.75) is 52.0 Å². The Balaban J connectivity index is 1.72. The van der Waals surface area contributed by atoms with E-state index < -0.39 is 0 Å². The van der Waals surface area contributed by atoms with Gasteiger partial charge in [0.2, 0.25) is 0 Å². The molecule has 0 spiro atoms. The maximum Gasteiger partial charge on any atom is 0.267 e. The van der Waals surface area contributed by atoms with Crippen LogP contribution in [0.2, 0.25) is 0 Å². The topological polar surface area (TPSA) is 55.2 Å². The molecule has 1 aromatic carbocycles. The molecule has 0 radical (unpaired) electrons. The lowest BCUT2D eigenvalue weighted by molar-refractivity contribution is 0.0687. The first-order chi connectivity index (χ1) is 12.3. The van der Waals surface area contributed by atoms with E-state index in [1.54, 1.807) is 10.7 Å². The number of hydrogen-bond acceptors (Lipinski definition) is 3. The second-order valence-electron chi connectivity index (χ2n) is 8.14. The number of carbonyl (C=O) groups excluding carboxylic acids is 1. The molecule has 2 aromatic rings. The number of carbonyl (C=O) groups is 1. The van der Waals surface area contributed by atoms with Crippen LogP contribution < -0.4 is 5.56 Å². The van der Waals surface area contributed by atoms with Crippen LogP contribution in [-0.4, -0.2) is 33.7 Å². The van der Waals surface area contributed by atoms with Crippen molar-refractivity contribution in [1.82, 2.24) is 14.7 Å². The third-order valence-electron chi connectivity index (χ3n) is 4.99. The first-order valence-electron chi connectivity index (χ1n) is 9.22. The molecule has 1 aromatic heterocycles. The molecule has 0 bridgehead atoms. The van der Waals surface area contributed by atoms with Crippen LogP contribution in [0.1, 0.15) is 61.3 Å². The molecule has 26 heavy (non-hydrogen) atoms. The highest BCUT2D eigenvalue weighted by Gasteiger charge is 2.26. The molecule has 0 atom stereocenters. The summed E-state index contributed by atoms with van der Waals surface area (Å²) in [5.41, 5.74) is 2.61. The van der Waals surface area contributed by atoms with Crippen molar-refractivity contribution in [1.29, 1.82) is 0 Å². The maximum atomic E-state index is 12.6. The molecule has 5 nitrogen and oxygen atoms in total. The highest BCUT2D eigenvalue weighted by molar-refractivity contribution is 5.94. The van der Waals surface area contributed by atoms with Gasteiger partial charge in [-0.3, -0.25) is 9.59 Å². The summed E-state index contributed by atoms with van der Waals surface area (Å²) in [5, 5.41) is 4.61. The summed E-state index contributed by atoms with van der Waals surface area (Å²) in [6.45, 7) is 9.57. The normalized spacial score (nSPS) is 15.9. The number of nitrogens with zero attached hydrogens (tertiary/aromatic N) is 3. The van der Waals surface area contributed by atoms with Crippen LogP contribution in [-0.2, 0) is 5.41 Å². The van der Waals surface area contributed by atoms with Crippen molar-refractivity contribution in [3.63, 3.8) is 0 Å². The molecule has 1 amide bonds. The molecule has 2 heterocycles. The van der Waals surface area contributed by atoms with Gasteiger partial charge in [-0.15, -0.1) is 0 Å². The average Bonchev–Trinajstić information content (AvgIpc) is 2.61. The van der Waals surface area contributed by atoms with Crippen LogP contribution in [0.4, 0.5) is 0 Å². The number of aryl methyl sites for hydroxylation is 1. The molecule has 138 valence electrons. The second kappa shape index (κ2) is 7.06. The Kier molecular flexibility index (Phi) is 4.99. The van der Waals surface area contributed by atoms with Gasteiger partial charge in [0.1, 0.15) is 0 Å². The lowest BCUT2D eigenvalue weighted by Gasteiger charge is -2.33. The zero-order valence-corrected chi connectivity index (χ0v) is 16.0. The molecule has 0 N–H and O–H groups in total. The van der Waals surface area contributed by atoms with Gasteiger partial charge in [-0.25, -0.2) is 4.68 Å². The van der Waals surface area contributed by atoms with E-state index in [9.17, 15) is 9.59 Å². The Bertz CT molecular complexity index is 839. The van der Waals surface area contributed by atoms with Crippen LogP contribution in [0.25, 0.3) is 0 Å². The van der Waals surface area contributed by atoms with Gasteiger partial charge < -0.3 is 4.90 Å². The highest BCUT2D eigenvalue weighted by Crippen LogP contribution is 2.24. The maximum absolute atomic E-state index is 12.6. The largest absolute Gasteiger partial charge is 0.338 e. The molecule has 1 fully saturated rings. The smallest absolute Gasteiger partial charge is 0.267 e. The summed E-state index contributed by atoms with van der Waals surface area (Å²) in [6, 6.07) is 11.1. The Labute approximate surface area is 154 Å². The lowest BCUT2D eigenvalue weighted by atomic mass is 9.92. The van der Waals surface area contributed by atoms with Crippen molar-refractivity contribution in [3.05, 3.63) is 63.6 Å². The van der Waals surface area contributed by atoms with Crippen LogP contribution in [0.15, 0.2) is 41.2 Å². The predicted octanol–water partition coefficient (Wildman–Crippen LogP) is 3.33. The first-order valence-corrected chi connectivity index (χ1v) is 9.22. The predicted molar refractivity (Wildman–Crippen MR) is 103 cm³/mol. The van der Waals surface area contributed by atoms with Crippen molar-refractivity contribution < 1.29 is 4.79 Å². The number of hydrogen-bond donors (Lipinski definition) is 0. The van der Waals surface area contributed by atoms with Crippen molar-refractivity contribution >= 4 is 5.91 Å². The fourth-order valence-electron chi connectivity index (χ4n) is 3.28. The third kappa shape index (κ3) is 3.87. The summed E-state index contributed by atoms with van der Waals surface area (Å²) < 4.78 is 1.62. The fourth-order valence-corrected chi connectivity index (χ4v) is 3.28. The molecule has 1 aliphatic heterocycles. The summed E-state index contributed by atoms with van der Waals surface area (Å²) in [5.74, 6) is 0.0622. The van der Waals surface area contributed by atoms with E-state index in [1.807, 2.05) is 42.2 Å². The van der Waals surface area contributed by atoms with Gasteiger partial charge in [0.05, 0.1) is 11.7 Å². The van der Waals surface area contributed by atoms with E-state index in [0.29, 0.717) is 13.1 Å². The Morgan fingerprint density at radius 1 is 1.04 bits per heavy atom. The number of likely N-dealkylation sites (tertiary alicyclic amines) is 1. The van der Waals surface area contributed by atoms with Gasteiger partial charge in [0, 0.05) is 30.1 Å². The minimum Gasteiger partial charge on any atom is -0.338 e. The van der Waals surface area contributed by atoms with Crippen LogP contribution in [0.3, 0.4) is 0 Å². The molecule has 0 aliphatic carbocycles. The molecule has 5 heteroatoms. The number of benzene rings is 1. The lowest BCUT2D eigenvalue weighted by Crippen LogP contribution is -2.41. The highest BCUT2D eigenvalue weighted by atomic mass is 16.2. The van der Waals surface area contributed by atoms with Gasteiger partial charge >= 0.3 is 0 Å². The standard InChI is InChI=1S/C21H27N3O2/c1-15-5-7-16(8-6-15)20(26)23-13-11-17(12-14-23)24-19(25)10-9-18(22-24)21(2,3)4/h5-10,17H,11-14H2,1-4H3. The van der Waals surface area contributed by atoms with E-state index in [2.05, 4.69) is 25.9 Å². The van der Waals surface area contributed by atoms with Gasteiger partial charge in [0.25, 0.3) is 11.5 Å². The molecular weight excluding hydrogens is 326 g/mol. The van der Waals surface area contributed by atoms with E-state index in [4.69, 9.17) is 0 Å². The minimum atomic E-state index is -0.0996. The van der Waals surface area contributed by atoms with Gasteiger partial charge in [0.15, 0.2) is 0 Å². The summed E-state index contributed by atoms with van der Waals surface area (Å²) in [6.07, 6.45) is 1.50. The SMILES string of the molecule is Cc1ccc(C(=O)N2CCC(n3nc(C(C)(C)C)ccc3=O)CC2)cc1. The van der Waals surface area contributed by atoms with Crippen molar-refractivity contribution in [3.8, 4) is 0 Å². The number of rotatable bonds is 2. The monoisotopic (exact) mass is 353 g/mol. The number of piperidine rings is 1. The Morgan fingerprint density at radius 3 is 2.23 bits per heavy atom. The third-order valence-corrected chi connectivity index (χ3v) is 4.99. The Hall–Kier alpha value is -2.43. The number of aromatic nitrogens is 2. The number of amides is 1. The van der Waals surface area contributed by atoms with Crippen LogP contribution in [0.5, 0.6) is 0 Å². The zero-order chi connectivity index (χ0) is 18.9. The molecular formula is C21H27N3O2. The average molecular weight is 353 g/mol. The van der Waals surface area contributed by atoms with E-state index in [-0.39, 0.29) is 22.9 Å². The van der Waals surface area contributed by atoms with E-state index in [0.717, 1.165) is 29.7 Å². The van der Waals surface area contributed by atoms with Crippen molar-refractivity contribution in [2.24, 2.45) is 0 Å². The van der Waals surface area contributed by atoms with Gasteiger partial charge in [-0.2, -0.15) is 5.10 Å². The van der Waals surface area contributed by atoms with Gasteiger partial charge in [-0.1, -0.05) is 38.5 Å². The first kappa shape index (κ1) is 18.4. The van der Waals surface area contributed by atoms with E-state index in [1.165, 1.54) is 0 Å². The summed E-state index contributed by atoms with van der Waals surface area (Å²) in [4.78, 5) is 26.8. The molecule has 3 rings (SSSR count). The van der Waals surface area contributed by atoms with E-state index >= 15 is 0 Å². The zero-order valence-electron chi connectivity index (χ0n) is 16.0. The molecule has 1 aliphatic rings. The molecule has 0 unspecified atom stereocenters. The summed E-state index contributed by atoms with van der Waals surface area (Å²) >= 11 is 0. The quantitative estimate of drug-likeness (QED) is 0.832.